The first-order chi connectivity index (χ1) is 6.25. The lowest BCUT2D eigenvalue weighted by Crippen LogP contribution is -2.51. The van der Waals surface area contributed by atoms with Gasteiger partial charge in [-0.1, -0.05) is 0 Å². The smallest absolute Gasteiger partial charge is 0.325 e. The van der Waals surface area contributed by atoms with Crippen LogP contribution in [-0.2, 0) is 14.3 Å². The summed E-state index contributed by atoms with van der Waals surface area (Å²) >= 11 is 0. The number of nitrogens with two attached hydrogens (primary N) is 1. The molecule has 0 aliphatic rings. The second-order valence-corrected chi connectivity index (χ2v) is 4.28. The zero-order valence-corrected chi connectivity index (χ0v) is 9.72. The van der Waals surface area contributed by atoms with E-state index in [1.165, 1.54) is 0 Å². The monoisotopic (exact) mass is 203 g/mol. The second kappa shape index (κ2) is 4.75. The number of carbonyl (C=O) groups is 1. The van der Waals surface area contributed by atoms with Gasteiger partial charge < -0.3 is 15.2 Å². The molecule has 0 aliphatic heterocycles. The number of hydrogen-bond donors (Lipinski definition) is 1. The summed E-state index contributed by atoms with van der Waals surface area (Å²) in [5.74, 6) is -0.384. The van der Waals surface area contributed by atoms with E-state index in [1.807, 2.05) is 13.8 Å². The summed E-state index contributed by atoms with van der Waals surface area (Å²) in [6.45, 7) is 7.54. The second-order valence-electron chi connectivity index (χ2n) is 4.28. The quantitative estimate of drug-likeness (QED) is 0.679. The van der Waals surface area contributed by atoms with E-state index in [0.717, 1.165) is 0 Å². The van der Waals surface area contributed by atoms with Gasteiger partial charge in [0.2, 0.25) is 0 Å². The Hall–Kier alpha value is -0.610. The predicted molar refractivity (Wildman–Crippen MR) is 54.9 cm³/mol. The first kappa shape index (κ1) is 13.4. The van der Waals surface area contributed by atoms with Crippen LogP contribution in [-0.4, -0.2) is 30.8 Å². The Balaban J connectivity index is 4.40. The van der Waals surface area contributed by atoms with Crippen LogP contribution in [0, 0.1) is 0 Å². The van der Waals surface area contributed by atoms with Gasteiger partial charge in [-0.25, -0.2) is 0 Å². The highest BCUT2D eigenvalue weighted by Gasteiger charge is 2.36. The van der Waals surface area contributed by atoms with Crippen LogP contribution in [0.25, 0.3) is 0 Å². The van der Waals surface area contributed by atoms with E-state index in [2.05, 4.69) is 0 Å². The highest BCUT2D eigenvalue weighted by Crippen LogP contribution is 2.22. The van der Waals surface area contributed by atoms with Crippen LogP contribution < -0.4 is 5.73 Å². The lowest BCUT2D eigenvalue weighted by Gasteiger charge is -2.31. The molecule has 14 heavy (non-hydrogen) atoms. The van der Waals surface area contributed by atoms with E-state index in [-0.39, 0.29) is 5.97 Å². The van der Waals surface area contributed by atoms with Crippen molar-refractivity contribution >= 4 is 5.97 Å². The van der Waals surface area contributed by atoms with Gasteiger partial charge >= 0.3 is 5.97 Å². The minimum Gasteiger partial charge on any atom is -0.465 e. The number of hydrogen-bond acceptors (Lipinski definition) is 4. The fourth-order valence-electron chi connectivity index (χ4n) is 1.32. The average molecular weight is 203 g/mol. The van der Waals surface area contributed by atoms with E-state index in [0.29, 0.717) is 13.0 Å². The van der Waals surface area contributed by atoms with E-state index < -0.39 is 11.1 Å². The fourth-order valence-corrected chi connectivity index (χ4v) is 1.32. The number of carbonyl (C=O) groups excluding carboxylic acids is 1. The van der Waals surface area contributed by atoms with Crippen LogP contribution in [0.2, 0.25) is 0 Å². The van der Waals surface area contributed by atoms with Crippen LogP contribution in [0.3, 0.4) is 0 Å². The van der Waals surface area contributed by atoms with Gasteiger partial charge in [-0.2, -0.15) is 0 Å². The summed E-state index contributed by atoms with van der Waals surface area (Å²) in [6.07, 6.45) is 0.426. The molecule has 84 valence electrons. The molecule has 4 nitrogen and oxygen atoms in total. The molecule has 4 heteroatoms. The standard InChI is InChI=1S/C10H21NO3/c1-6-14-8(12)10(4,11)7-9(2,3)13-5/h6-7,11H2,1-5H3. The maximum Gasteiger partial charge on any atom is 0.325 e. The first-order valence-electron chi connectivity index (χ1n) is 4.76. The first-order valence-corrected chi connectivity index (χ1v) is 4.76. The highest BCUT2D eigenvalue weighted by molar-refractivity contribution is 5.80. The lowest BCUT2D eigenvalue weighted by molar-refractivity contribution is -0.151. The number of ether oxygens (including phenoxy) is 2. The number of methoxy groups -OCH3 is 1. The summed E-state index contributed by atoms with van der Waals surface area (Å²) in [7, 11) is 1.60. The minimum atomic E-state index is -0.991. The molecule has 0 heterocycles. The van der Waals surface area contributed by atoms with Gasteiger partial charge in [-0.05, 0) is 27.7 Å². The van der Waals surface area contributed by atoms with Gasteiger partial charge in [0, 0.05) is 13.5 Å². The fraction of sp³-hybridized carbons (Fsp3) is 0.900. The predicted octanol–water partition coefficient (Wildman–Crippen LogP) is 1.08. The Kier molecular flexibility index (Phi) is 4.55. The number of esters is 1. The molecule has 0 amide bonds. The molecule has 0 radical (unpaired) electrons. The molecule has 0 aromatic carbocycles. The van der Waals surface area contributed by atoms with Crippen molar-refractivity contribution in [2.75, 3.05) is 13.7 Å². The van der Waals surface area contributed by atoms with Crippen molar-refractivity contribution in [3.05, 3.63) is 0 Å². The summed E-state index contributed by atoms with van der Waals surface area (Å²) in [4.78, 5) is 11.5. The van der Waals surface area contributed by atoms with Crippen molar-refractivity contribution < 1.29 is 14.3 Å². The van der Waals surface area contributed by atoms with E-state index in [1.54, 1.807) is 21.0 Å². The summed E-state index contributed by atoms with van der Waals surface area (Å²) in [5, 5.41) is 0. The zero-order chi connectivity index (χ0) is 11.4. The Morgan fingerprint density at radius 3 is 2.21 bits per heavy atom. The normalized spacial score (nSPS) is 16.1. The van der Waals surface area contributed by atoms with Gasteiger partial charge in [-0.15, -0.1) is 0 Å². The Labute approximate surface area is 85.8 Å². The molecule has 2 N–H and O–H groups in total. The van der Waals surface area contributed by atoms with Crippen molar-refractivity contribution in [2.45, 2.75) is 45.3 Å². The van der Waals surface area contributed by atoms with Gasteiger partial charge in [-0.3, -0.25) is 4.79 Å². The van der Waals surface area contributed by atoms with Gasteiger partial charge in [0.15, 0.2) is 0 Å². The molecule has 0 fully saturated rings. The molecule has 0 rings (SSSR count). The van der Waals surface area contributed by atoms with Gasteiger partial charge in [0.05, 0.1) is 12.2 Å². The minimum absolute atomic E-state index is 0.346. The maximum atomic E-state index is 11.5. The zero-order valence-electron chi connectivity index (χ0n) is 9.72. The molecule has 0 spiro atoms. The van der Waals surface area contributed by atoms with E-state index >= 15 is 0 Å². The molecular formula is C10H21NO3. The summed E-state index contributed by atoms with van der Waals surface area (Å²) < 4.78 is 10.1. The molecule has 0 bridgehead atoms. The maximum absolute atomic E-state index is 11.5. The van der Waals surface area contributed by atoms with Crippen LogP contribution in [0.15, 0.2) is 0 Å². The van der Waals surface area contributed by atoms with Crippen LogP contribution in [0.5, 0.6) is 0 Å². The Morgan fingerprint density at radius 2 is 1.86 bits per heavy atom. The molecule has 0 saturated heterocycles. The Bertz CT molecular complexity index is 200. The largest absolute Gasteiger partial charge is 0.465 e. The molecular weight excluding hydrogens is 182 g/mol. The van der Waals surface area contributed by atoms with Gasteiger partial charge in [0.25, 0.3) is 0 Å². The molecule has 1 unspecified atom stereocenters. The van der Waals surface area contributed by atoms with E-state index in [9.17, 15) is 4.79 Å². The van der Waals surface area contributed by atoms with Crippen LogP contribution in [0.1, 0.15) is 34.1 Å². The molecule has 0 aromatic heterocycles. The van der Waals surface area contributed by atoms with Crippen molar-refractivity contribution in [3.8, 4) is 0 Å². The topological polar surface area (TPSA) is 61.5 Å². The van der Waals surface area contributed by atoms with E-state index in [4.69, 9.17) is 15.2 Å². The average Bonchev–Trinajstić information content (AvgIpc) is 2.03. The lowest BCUT2D eigenvalue weighted by atomic mass is 9.88. The third-order valence-electron chi connectivity index (χ3n) is 2.09. The molecule has 0 aromatic rings. The van der Waals surface area contributed by atoms with Crippen molar-refractivity contribution in [1.29, 1.82) is 0 Å². The summed E-state index contributed by atoms with van der Waals surface area (Å²) in [5.41, 5.74) is 4.44. The van der Waals surface area contributed by atoms with Crippen LogP contribution in [0.4, 0.5) is 0 Å². The molecule has 0 aliphatic carbocycles. The highest BCUT2D eigenvalue weighted by atomic mass is 16.5. The third kappa shape index (κ3) is 4.07. The van der Waals surface area contributed by atoms with Crippen molar-refractivity contribution in [3.63, 3.8) is 0 Å². The van der Waals surface area contributed by atoms with Crippen LogP contribution >= 0.6 is 0 Å². The Morgan fingerprint density at radius 1 is 1.36 bits per heavy atom. The van der Waals surface area contributed by atoms with Gasteiger partial charge in [0.1, 0.15) is 5.54 Å². The molecule has 0 saturated carbocycles. The number of rotatable bonds is 5. The summed E-state index contributed by atoms with van der Waals surface area (Å²) in [6, 6.07) is 0. The SMILES string of the molecule is CCOC(=O)C(C)(N)CC(C)(C)OC. The third-order valence-corrected chi connectivity index (χ3v) is 2.09. The molecule has 1 atom stereocenters. The van der Waals surface area contributed by atoms with Crippen molar-refractivity contribution in [1.82, 2.24) is 0 Å². The van der Waals surface area contributed by atoms with Crippen molar-refractivity contribution in [2.24, 2.45) is 5.73 Å².